The number of rotatable bonds is 12. The molecule has 1 aliphatic carbocycles. The Morgan fingerprint density at radius 3 is 2.42 bits per heavy atom. The highest BCUT2D eigenvalue weighted by Gasteiger charge is 2.16. The molecule has 1 aromatic rings. The van der Waals surface area contributed by atoms with E-state index in [4.69, 9.17) is 4.74 Å². The van der Waals surface area contributed by atoms with Crippen LogP contribution in [-0.2, 0) is 11.2 Å². The Kier molecular flexibility index (Phi) is 12.6. The van der Waals surface area contributed by atoms with Crippen molar-refractivity contribution in [2.75, 3.05) is 13.7 Å². The van der Waals surface area contributed by atoms with Crippen LogP contribution >= 0.6 is 0 Å². The zero-order chi connectivity index (χ0) is 28.1. The van der Waals surface area contributed by atoms with E-state index in [0.717, 1.165) is 41.1 Å². The fraction of sp³-hybridized carbons (Fsp3) is 0.394. The molecule has 0 heterocycles. The lowest BCUT2D eigenvalue weighted by atomic mass is 9.93. The van der Waals surface area contributed by atoms with Crippen LogP contribution in [0.5, 0.6) is 5.75 Å². The standard InChI is InChI=1S/C33H45N3O2/c1-9-11-25(4)12-10-13-32(30-18-14-26(5)15-19-30)34-33(37)22-29-16-20-31(21-17-29)38-23-27(6)28(7)36(8)35-24(2)3/h9-14,16-18,20-21,32H,15,19,22-23H2,1-8H3,(H,34,37)/b11-9+,13-10+,25-12-,28-27+. The van der Waals surface area contributed by atoms with Crippen molar-refractivity contribution in [1.29, 1.82) is 0 Å². The van der Waals surface area contributed by atoms with Crippen LogP contribution in [-0.4, -0.2) is 36.3 Å². The first-order chi connectivity index (χ1) is 18.1. The third-order valence-electron chi connectivity index (χ3n) is 6.39. The van der Waals surface area contributed by atoms with Crippen molar-refractivity contribution in [3.63, 3.8) is 0 Å². The molecule has 0 aromatic heterocycles. The summed E-state index contributed by atoms with van der Waals surface area (Å²) in [5.74, 6) is 0.775. The summed E-state index contributed by atoms with van der Waals surface area (Å²) in [6.45, 7) is 14.7. The molecule has 1 aromatic carbocycles. The number of amides is 1. The molecule has 5 heteroatoms. The van der Waals surface area contributed by atoms with Crippen LogP contribution < -0.4 is 10.1 Å². The first kappa shape index (κ1) is 30.6. The van der Waals surface area contributed by atoms with E-state index in [-0.39, 0.29) is 11.9 Å². The van der Waals surface area contributed by atoms with Gasteiger partial charge in [-0.15, -0.1) is 0 Å². The molecule has 2 rings (SSSR count). The summed E-state index contributed by atoms with van der Waals surface area (Å²) in [7, 11) is 1.94. The van der Waals surface area contributed by atoms with Gasteiger partial charge in [0, 0.05) is 18.5 Å². The second kappa shape index (κ2) is 15.6. The predicted molar refractivity (Wildman–Crippen MR) is 161 cm³/mol. The van der Waals surface area contributed by atoms with Crippen LogP contribution in [0.2, 0.25) is 0 Å². The molecule has 0 bridgehead atoms. The number of hydrogen-bond acceptors (Lipinski definition) is 4. The Morgan fingerprint density at radius 1 is 1.11 bits per heavy atom. The maximum Gasteiger partial charge on any atom is 0.225 e. The van der Waals surface area contributed by atoms with E-state index in [1.807, 2.05) is 83.1 Å². The highest BCUT2D eigenvalue weighted by molar-refractivity contribution is 5.79. The number of carbonyl (C=O) groups is 1. The fourth-order valence-corrected chi connectivity index (χ4v) is 3.98. The largest absolute Gasteiger partial charge is 0.489 e. The molecule has 1 atom stereocenters. The number of ether oxygens (including phenoxy) is 1. The van der Waals surface area contributed by atoms with Crippen LogP contribution in [0.25, 0.3) is 0 Å². The molecule has 0 radical (unpaired) electrons. The molecule has 1 N–H and O–H groups in total. The van der Waals surface area contributed by atoms with Crippen LogP contribution in [0.4, 0.5) is 0 Å². The number of hydrogen-bond donors (Lipinski definition) is 1. The Hall–Kier alpha value is -3.60. The number of benzene rings is 1. The Labute approximate surface area is 230 Å². The fourth-order valence-electron chi connectivity index (χ4n) is 3.98. The molecular weight excluding hydrogens is 470 g/mol. The summed E-state index contributed by atoms with van der Waals surface area (Å²) in [4.78, 5) is 13.0. The molecule has 1 unspecified atom stereocenters. The molecule has 0 aliphatic heterocycles. The van der Waals surface area contributed by atoms with E-state index < -0.39 is 0 Å². The zero-order valence-corrected chi connectivity index (χ0v) is 24.5. The summed E-state index contributed by atoms with van der Waals surface area (Å²) in [6, 6.07) is 7.63. The Balaban J connectivity index is 2.02. The van der Waals surface area contributed by atoms with Gasteiger partial charge in [0.25, 0.3) is 0 Å². The summed E-state index contributed by atoms with van der Waals surface area (Å²) >= 11 is 0. The highest BCUT2D eigenvalue weighted by Crippen LogP contribution is 2.22. The minimum Gasteiger partial charge on any atom is -0.489 e. The van der Waals surface area contributed by atoms with Gasteiger partial charge in [-0.05, 0) is 90.2 Å². The number of carbonyl (C=O) groups excluding carboxylic acids is 1. The third kappa shape index (κ3) is 10.8. The van der Waals surface area contributed by atoms with Gasteiger partial charge in [-0.1, -0.05) is 65.8 Å². The lowest BCUT2D eigenvalue weighted by Crippen LogP contribution is -2.36. The topological polar surface area (TPSA) is 53.9 Å². The average molecular weight is 516 g/mol. The van der Waals surface area contributed by atoms with E-state index in [1.165, 1.54) is 16.7 Å². The normalized spacial score (nSPS) is 15.5. The van der Waals surface area contributed by atoms with Gasteiger partial charge in [-0.3, -0.25) is 9.80 Å². The van der Waals surface area contributed by atoms with Crippen molar-refractivity contribution >= 4 is 11.6 Å². The van der Waals surface area contributed by atoms with Crippen molar-refractivity contribution in [1.82, 2.24) is 10.3 Å². The van der Waals surface area contributed by atoms with E-state index in [2.05, 4.69) is 54.6 Å². The predicted octanol–water partition coefficient (Wildman–Crippen LogP) is 7.46. The van der Waals surface area contributed by atoms with Crippen LogP contribution in [0.1, 0.15) is 66.9 Å². The molecule has 38 heavy (non-hydrogen) atoms. The van der Waals surface area contributed by atoms with Crippen molar-refractivity contribution < 1.29 is 9.53 Å². The summed E-state index contributed by atoms with van der Waals surface area (Å²) in [5, 5.41) is 9.56. The van der Waals surface area contributed by atoms with E-state index >= 15 is 0 Å². The number of nitrogens with zero attached hydrogens (tertiary/aromatic N) is 2. The summed E-state index contributed by atoms with van der Waals surface area (Å²) in [6.07, 6.45) is 16.9. The summed E-state index contributed by atoms with van der Waals surface area (Å²) in [5.41, 5.74) is 7.89. The van der Waals surface area contributed by atoms with Gasteiger partial charge in [0.2, 0.25) is 5.91 Å². The maximum absolute atomic E-state index is 13.0. The SMILES string of the molecule is C/C=C/C(C)=C\C=C\C(NC(=O)Cc1ccc(OC/C(C)=C(\C)N(C)N=C(C)C)cc1)C1=CC=C(C)CC1. The molecule has 204 valence electrons. The van der Waals surface area contributed by atoms with Gasteiger partial charge >= 0.3 is 0 Å². The maximum atomic E-state index is 13.0. The van der Waals surface area contributed by atoms with Gasteiger partial charge in [-0.2, -0.15) is 5.10 Å². The molecule has 0 saturated heterocycles. The van der Waals surface area contributed by atoms with E-state index in [0.29, 0.717) is 13.0 Å². The monoisotopic (exact) mass is 515 g/mol. The van der Waals surface area contributed by atoms with Crippen LogP contribution in [0, 0.1) is 0 Å². The second-order valence-electron chi connectivity index (χ2n) is 10.1. The van der Waals surface area contributed by atoms with Gasteiger partial charge < -0.3 is 10.1 Å². The van der Waals surface area contributed by atoms with Gasteiger partial charge in [0.1, 0.15) is 12.4 Å². The highest BCUT2D eigenvalue weighted by atomic mass is 16.5. The first-order valence-electron chi connectivity index (χ1n) is 13.4. The zero-order valence-electron chi connectivity index (χ0n) is 24.5. The molecule has 0 fully saturated rings. The molecule has 0 spiro atoms. The number of hydrazone groups is 1. The molecule has 0 saturated carbocycles. The van der Waals surface area contributed by atoms with Crippen molar-refractivity contribution in [2.45, 2.75) is 73.8 Å². The summed E-state index contributed by atoms with van der Waals surface area (Å²) < 4.78 is 5.97. The van der Waals surface area contributed by atoms with Crippen LogP contribution in [0.3, 0.4) is 0 Å². The van der Waals surface area contributed by atoms with Crippen molar-refractivity contribution in [3.05, 3.63) is 100 Å². The third-order valence-corrected chi connectivity index (χ3v) is 6.39. The average Bonchev–Trinajstić information content (AvgIpc) is 2.87. The first-order valence-corrected chi connectivity index (χ1v) is 13.4. The van der Waals surface area contributed by atoms with Crippen LogP contribution in [0.15, 0.2) is 99.9 Å². The molecule has 1 aliphatic rings. The van der Waals surface area contributed by atoms with Crippen molar-refractivity contribution in [2.24, 2.45) is 5.10 Å². The smallest absolute Gasteiger partial charge is 0.225 e. The van der Waals surface area contributed by atoms with Gasteiger partial charge in [0.05, 0.1) is 12.5 Å². The van der Waals surface area contributed by atoms with Gasteiger partial charge in [-0.25, -0.2) is 0 Å². The number of allylic oxidation sites excluding steroid dienone is 9. The van der Waals surface area contributed by atoms with E-state index in [1.54, 1.807) is 0 Å². The molecular formula is C33H45N3O2. The second-order valence-corrected chi connectivity index (χ2v) is 10.1. The Bertz CT molecular complexity index is 1160. The molecule has 1 amide bonds. The minimum absolute atomic E-state index is 0.00105. The van der Waals surface area contributed by atoms with E-state index in [9.17, 15) is 4.79 Å². The quantitative estimate of drug-likeness (QED) is 0.179. The van der Waals surface area contributed by atoms with Crippen molar-refractivity contribution in [3.8, 4) is 5.75 Å². The van der Waals surface area contributed by atoms with Gasteiger partial charge in [0.15, 0.2) is 0 Å². The lowest BCUT2D eigenvalue weighted by molar-refractivity contribution is -0.120. The Morgan fingerprint density at radius 2 is 1.82 bits per heavy atom. The molecule has 5 nitrogen and oxygen atoms in total. The number of nitrogens with one attached hydrogen (secondary N) is 1. The lowest BCUT2D eigenvalue weighted by Gasteiger charge is -2.21. The minimum atomic E-state index is -0.124.